The van der Waals surface area contributed by atoms with Gasteiger partial charge in [-0.05, 0) is 25.7 Å². The van der Waals surface area contributed by atoms with Crippen molar-refractivity contribution < 1.29 is 19.3 Å². The fourth-order valence-electron chi connectivity index (χ4n) is 2.35. The summed E-state index contributed by atoms with van der Waals surface area (Å²) in [4.78, 5) is 11.6. The predicted octanol–water partition coefficient (Wildman–Crippen LogP) is 1.53. The first-order chi connectivity index (χ1) is 8.27. The summed E-state index contributed by atoms with van der Waals surface area (Å²) >= 11 is 0. The summed E-state index contributed by atoms with van der Waals surface area (Å²) in [5, 5.41) is 14.7. The van der Waals surface area contributed by atoms with Crippen LogP contribution in [0.25, 0.3) is 0 Å². The van der Waals surface area contributed by atoms with Crippen molar-refractivity contribution in [2.75, 3.05) is 11.7 Å². The van der Waals surface area contributed by atoms with Crippen LogP contribution in [0.1, 0.15) is 41.7 Å². The molecule has 6 heteroatoms. The molecule has 0 radical (unpaired) electrons. The van der Waals surface area contributed by atoms with Gasteiger partial charge in [-0.25, -0.2) is 0 Å². The molecule has 1 aromatic heterocycles. The number of carbonyl (C=O) groups excluding carboxylic acids is 1. The molecule has 1 aliphatic heterocycles. The highest BCUT2D eigenvalue weighted by molar-refractivity contribution is 5.97. The van der Waals surface area contributed by atoms with Gasteiger partial charge in [-0.1, -0.05) is 5.16 Å². The molecule has 0 saturated carbocycles. The molecular formula is C11H14N2O4. The summed E-state index contributed by atoms with van der Waals surface area (Å²) in [6, 6.07) is 0. The molecule has 1 aliphatic carbocycles. The predicted molar refractivity (Wildman–Crippen MR) is 57.0 cm³/mol. The van der Waals surface area contributed by atoms with E-state index >= 15 is 0 Å². The molecule has 6 nitrogen and oxygen atoms in total. The van der Waals surface area contributed by atoms with Crippen molar-refractivity contribution in [1.29, 1.82) is 0 Å². The molecule has 1 N–H and O–H groups in total. The average molecular weight is 238 g/mol. The highest BCUT2D eigenvalue weighted by Gasteiger charge is 2.32. The zero-order chi connectivity index (χ0) is 11.8. The summed E-state index contributed by atoms with van der Waals surface area (Å²) in [5.74, 6) is 0.252. The van der Waals surface area contributed by atoms with Gasteiger partial charge < -0.3 is 9.26 Å². The third-order valence-electron chi connectivity index (χ3n) is 3.25. The number of hydrogen-bond donors (Lipinski definition) is 1. The van der Waals surface area contributed by atoms with Crippen LogP contribution in [0.15, 0.2) is 4.52 Å². The number of ether oxygens (including phenoxy) is 1. The highest BCUT2D eigenvalue weighted by Crippen LogP contribution is 2.32. The van der Waals surface area contributed by atoms with E-state index in [1.54, 1.807) is 0 Å². The van der Waals surface area contributed by atoms with E-state index in [1.807, 2.05) is 0 Å². The van der Waals surface area contributed by atoms with Crippen molar-refractivity contribution in [3.05, 3.63) is 11.3 Å². The summed E-state index contributed by atoms with van der Waals surface area (Å²) < 4.78 is 10.4. The van der Waals surface area contributed by atoms with Gasteiger partial charge in [0.25, 0.3) is 5.88 Å². The van der Waals surface area contributed by atoms with Gasteiger partial charge >= 0.3 is 0 Å². The molecule has 0 spiro atoms. The maximum Gasteiger partial charge on any atom is 0.257 e. The number of Topliss-reactive ketones (excluding diaryl/α,β-unsaturated/α-hetero) is 1. The van der Waals surface area contributed by atoms with Crippen LogP contribution >= 0.6 is 0 Å². The second-order valence-corrected chi connectivity index (χ2v) is 4.40. The van der Waals surface area contributed by atoms with Crippen LogP contribution in [0.3, 0.4) is 0 Å². The normalized spacial score (nSPS) is 23.8. The van der Waals surface area contributed by atoms with Crippen molar-refractivity contribution in [3.8, 4) is 0 Å². The lowest BCUT2D eigenvalue weighted by Gasteiger charge is -2.21. The van der Waals surface area contributed by atoms with Crippen LogP contribution in [-0.2, 0) is 11.2 Å². The number of anilines is 1. The number of hydroxylamine groups is 1. The molecule has 2 heterocycles. The van der Waals surface area contributed by atoms with E-state index in [0.717, 1.165) is 24.3 Å². The summed E-state index contributed by atoms with van der Waals surface area (Å²) in [6.45, 7) is 0.636. The van der Waals surface area contributed by atoms with Crippen LogP contribution in [0.4, 0.5) is 5.88 Å². The summed E-state index contributed by atoms with van der Waals surface area (Å²) in [7, 11) is 0. The molecule has 1 aromatic rings. The van der Waals surface area contributed by atoms with Crippen LogP contribution in [0.5, 0.6) is 0 Å². The van der Waals surface area contributed by atoms with E-state index in [4.69, 9.17) is 9.26 Å². The topological polar surface area (TPSA) is 75.8 Å². The average Bonchev–Trinajstić information content (AvgIpc) is 2.98. The van der Waals surface area contributed by atoms with Gasteiger partial charge in [0.2, 0.25) is 0 Å². The third kappa shape index (κ3) is 1.73. The molecule has 1 atom stereocenters. The van der Waals surface area contributed by atoms with E-state index in [1.165, 1.54) is 0 Å². The molecule has 2 aliphatic rings. The first kappa shape index (κ1) is 10.7. The standard InChI is InChI=1S/C11H14N2O4/c14-8-4-1-3-7-10(8)12-17-11(7)13(15)9-5-2-6-16-9/h9,15H,1-6H2. The quantitative estimate of drug-likeness (QED) is 0.787. The first-order valence-electron chi connectivity index (χ1n) is 5.89. The van der Waals surface area contributed by atoms with Gasteiger partial charge in [0.05, 0.1) is 5.56 Å². The highest BCUT2D eigenvalue weighted by atomic mass is 16.6. The van der Waals surface area contributed by atoms with Gasteiger partial charge in [-0.2, -0.15) is 5.06 Å². The Kier molecular flexibility index (Phi) is 2.60. The molecule has 1 unspecified atom stereocenters. The maximum atomic E-state index is 11.6. The van der Waals surface area contributed by atoms with Gasteiger partial charge in [-0.15, -0.1) is 0 Å². The first-order valence-corrected chi connectivity index (χ1v) is 5.89. The zero-order valence-corrected chi connectivity index (χ0v) is 9.39. The smallest absolute Gasteiger partial charge is 0.257 e. The van der Waals surface area contributed by atoms with Gasteiger partial charge in [0.15, 0.2) is 17.7 Å². The Bertz CT molecular complexity index is 437. The number of ketones is 1. The van der Waals surface area contributed by atoms with Crippen molar-refractivity contribution in [3.63, 3.8) is 0 Å². The number of carbonyl (C=O) groups is 1. The van der Waals surface area contributed by atoms with E-state index in [2.05, 4.69) is 5.16 Å². The van der Waals surface area contributed by atoms with Crippen LogP contribution < -0.4 is 5.06 Å². The largest absolute Gasteiger partial charge is 0.356 e. The van der Waals surface area contributed by atoms with E-state index in [0.29, 0.717) is 30.7 Å². The second kappa shape index (κ2) is 4.12. The number of aromatic nitrogens is 1. The Morgan fingerprint density at radius 2 is 2.24 bits per heavy atom. The summed E-state index contributed by atoms with van der Waals surface area (Å²) in [5.41, 5.74) is 1.07. The van der Waals surface area contributed by atoms with Crippen LogP contribution in [0, 0.1) is 0 Å². The molecule has 1 fully saturated rings. The molecule has 0 amide bonds. The second-order valence-electron chi connectivity index (χ2n) is 4.40. The van der Waals surface area contributed by atoms with E-state index in [9.17, 15) is 10.0 Å². The minimum atomic E-state index is -0.385. The Labute approximate surface area is 98.1 Å². The van der Waals surface area contributed by atoms with Crippen molar-refractivity contribution in [1.82, 2.24) is 5.16 Å². The van der Waals surface area contributed by atoms with Gasteiger partial charge in [-0.3, -0.25) is 10.0 Å². The lowest BCUT2D eigenvalue weighted by Crippen LogP contribution is -2.32. The lowest BCUT2D eigenvalue weighted by molar-refractivity contribution is 0.0286. The maximum absolute atomic E-state index is 11.6. The minimum Gasteiger partial charge on any atom is -0.356 e. The van der Waals surface area contributed by atoms with Crippen molar-refractivity contribution in [2.45, 2.75) is 38.3 Å². The summed E-state index contributed by atoms with van der Waals surface area (Å²) in [6.07, 6.45) is 3.27. The molecule has 17 heavy (non-hydrogen) atoms. The Morgan fingerprint density at radius 1 is 1.35 bits per heavy atom. The Morgan fingerprint density at radius 3 is 3.00 bits per heavy atom. The fourth-order valence-corrected chi connectivity index (χ4v) is 2.35. The molecule has 92 valence electrons. The van der Waals surface area contributed by atoms with Gasteiger partial charge in [0.1, 0.15) is 0 Å². The Balaban J connectivity index is 1.90. The van der Waals surface area contributed by atoms with Crippen molar-refractivity contribution in [2.24, 2.45) is 0 Å². The minimum absolute atomic E-state index is 0.0120. The number of hydrogen-bond acceptors (Lipinski definition) is 6. The SMILES string of the molecule is O=C1CCCc2c1noc2N(O)C1CCCO1. The Hall–Kier alpha value is -1.40. The molecule has 1 saturated heterocycles. The van der Waals surface area contributed by atoms with E-state index in [-0.39, 0.29) is 17.9 Å². The van der Waals surface area contributed by atoms with Crippen LogP contribution in [-0.4, -0.2) is 29.0 Å². The fraction of sp³-hybridized carbons (Fsp3) is 0.636. The number of rotatable bonds is 2. The van der Waals surface area contributed by atoms with Crippen molar-refractivity contribution >= 4 is 11.7 Å². The van der Waals surface area contributed by atoms with E-state index < -0.39 is 0 Å². The van der Waals surface area contributed by atoms with Crippen LogP contribution in [0.2, 0.25) is 0 Å². The monoisotopic (exact) mass is 238 g/mol. The molecule has 3 rings (SSSR count). The molecule has 0 aromatic carbocycles. The van der Waals surface area contributed by atoms with Gasteiger partial charge in [0, 0.05) is 13.0 Å². The number of fused-ring (bicyclic) bond motifs is 1. The zero-order valence-electron chi connectivity index (χ0n) is 9.39. The third-order valence-corrected chi connectivity index (χ3v) is 3.25. The molecular weight excluding hydrogens is 224 g/mol. The lowest BCUT2D eigenvalue weighted by atomic mass is 9.96. The molecule has 0 bridgehead atoms. The number of nitrogens with zero attached hydrogens (tertiary/aromatic N) is 2.